The minimum Gasteiger partial charge on any atom is -0.379 e. The highest BCUT2D eigenvalue weighted by Gasteiger charge is 2.27. The van der Waals surface area contributed by atoms with Crippen molar-refractivity contribution in [2.24, 2.45) is 5.73 Å². The Bertz CT molecular complexity index is 2030. The van der Waals surface area contributed by atoms with Gasteiger partial charge in [0.15, 0.2) is 0 Å². The van der Waals surface area contributed by atoms with E-state index >= 15 is 0 Å². The van der Waals surface area contributed by atoms with Crippen molar-refractivity contribution in [3.8, 4) is 37.0 Å². The van der Waals surface area contributed by atoms with Crippen LogP contribution >= 0.6 is 12.4 Å². The summed E-state index contributed by atoms with van der Waals surface area (Å²) in [6.45, 7) is 26.3. The smallest absolute Gasteiger partial charge is 0.222 e. The Morgan fingerprint density at radius 3 is 0.423 bits per heavy atom. The Morgan fingerprint density at radius 1 is 0.187 bits per heavy atom. The van der Waals surface area contributed by atoms with E-state index in [1.807, 2.05) is 0 Å². The molecule has 5 N–H and O–H groups in total. The fourth-order valence-corrected chi connectivity index (χ4v) is 8.83. The largest absolute Gasteiger partial charge is 0.379 e. The molecular weight excluding hydrogens is 1650 g/mol. The van der Waals surface area contributed by atoms with Crippen LogP contribution in [0.4, 0.5) is 0 Å². The maximum absolute atomic E-state index is 12.6. The van der Waals surface area contributed by atoms with Gasteiger partial charge in [-0.15, -0.1) is 31.7 Å². The number of ether oxygens (including phenoxy) is 33. The van der Waals surface area contributed by atoms with Gasteiger partial charge in [-0.25, -0.2) is 0 Å². The highest BCUT2D eigenvalue weighted by atomic mass is 35.5. The van der Waals surface area contributed by atoms with Crippen LogP contribution in [0.1, 0.15) is 19.3 Å². The van der Waals surface area contributed by atoms with E-state index in [0.717, 1.165) is 0 Å². The van der Waals surface area contributed by atoms with E-state index < -0.39 is 5.54 Å². The zero-order valence-corrected chi connectivity index (χ0v) is 74.1. The summed E-state index contributed by atoms with van der Waals surface area (Å²) in [5, 5.41) is 8.41. The first-order chi connectivity index (χ1) is 60.4. The average molecular weight is 1810 g/mol. The van der Waals surface area contributed by atoms with Gasteiger partial charge in [0.2, 0.25) is 17.7 Å². The summed E-state index contributed by atoms with van der Waals surface area (Å²) in [5.74, 6) is 6.47. The fraction of sp³-hybridized carbons (Fsp3) is 0.890. The lowest BCUT2D eigenvalue weighted by molar-refractivity contribution is -0.123. The van der Waals surface area contributed by atoms with Gasteiger partial charge in [-0.1, -0.05) is 17.8 Å². The van der Waals surface area contributed by atoms with Crippen molar-refractivity contribution in [1.82, 2.24) is 16.0 Å². The zero-order valence-electron chi connectivity index (χ0n) is 73.3. The Hall–Kier alpha value is -3.98. The van der Waals surface area contributed by atoms with E-state index in [1.54, 1.807) is 0 Å². The van der Waals surface area contributed by atoms with Crippen molar-refractivity contribution in [2.75, 3.05) is 456 Å². The van der Waals surface area contributed by atoms with Crippen molar-refractivity contribution in [3.63, 3.8) is 0 Å². The molecule has 0 aromatic heterocycles. The maximum Gasteiger partial charge on any atom is 0.222 e. The van der Waals surface area contributed by atoms with Gasteiger partial charge in [0.25, 0.3) is 0 Å². The molecule has 0 aliphatic heterocycles. The third-order valence-corrected chi connectivity index (χ3v) is 14.9. The molecule has 0 radical (unpaired) electrons. The van der Waals surface area contributed by atoms with Crippen LogP contribution in [0.3, 0.4) is 0 Å². The van der Waals surface area contributed by atoms with Crippen molar-refractivity contribution >= 4 is 30.1 Å². The van der Waals surface area contributed by atoms with E-state index in [4.69, 9.17) is 181 Å². The SMILES string of the molecule is C#CCOCCOCCOCCOCCOCCOCCOCCOCCOCCOCCNC(=O)CCOCC(N)(COCCC(=O)NCCOCCOCCOCCOCCOCCOCCOCCOCCOCCOCC#C)COCCC(=O)NCCOCCOCCOCCOCCOCCOCCOCCOCCOCCOCC#C.Cl. The molecule has 0 fully saturated rings. The summed E-state index contributed by atoms with van der Waals surface area (Å²) in [7, 11) is 0. The normalized spacial score (nSPS) is 11.5. The Balaban J connectivity index is 0. The van der Waals surface area contributed by atoms with Gasteiger partial charge in [-0.05, 0) is 0 Å². The second-order valence-corrected chi connectivity index (χ2v) is 25.1. The van der Waals surface area contributed by atoms with Crippen LogP contribution in [0.15, 0.2) is 0 Å². The zero-order chi connectivity index (χ0) is 87.7. The number of rotatable bonds is 108. The van der Waals surface area contributed by atoms with E-state index in [9.17, 15) is 14.4 Å². The monoisotopic (exact) mass is 1800 g/mol. The molecule has 0 spiro atoms. The van der Waals surface area contributed by atoms with Crippen LogP contribution in [-0.4, -0.2) is 479 Å². The van der Waals surface area contributed by atoms with Crippen LogP contribution in [0.25, 0.3) is 0 Å². The first-order valence-corrected chi connectivity index (χ1v) is 42.3. The van der Waals surface area contributed by atoms with Gasteiger partial charge in [0.05, 0.1) is 422 Å². The standard InChI is InChI=1S/C82H152N4O36.ClH/c1-4-13-90-22-28-96-34-40-102-46-52-108-58-64-114-70-73-117-67-61-111-55-49-105-43-37-99-31-25-93-19-10-84-79(87)7-16-120-76-82(83,77-121-17-8-80(88)85-11-20-94-26-32-100-38-44-106-50-56-112-62-68-118-74-71-115-65-59-109-53-47-103-41-35-97-29-23-91-14-5-2)78-122-18-9-81(89)86-12-21-95-27-33-101-39-45-107-51-57-113-63-69-119-75-72-116-66-60-110-54-48-104-42-36-98-30-24-92-15-6-3;/h1-3H,7-78,83H2,(H,84,87)(H,85,88)(H,86,89);1H. The van der Waals surface area contributed by atoms with Crippen molar-refractivity contribution < 1.29 is 171 Å². The lowest BCUT2D eigenvalue weighted by Crippen LogP contribution is -2.53. The molecular formula is C82H153ClN4O36. The predicted molar refractivity (Wildman–Crippen MR) is 451 cm³/mol. The summed E-state index contributed by atoms with van der Waals surface area (Å²) in [6, 6.07) is 0. The Morgan fingerprint density at radius 2 is 0.301 bits per heavy atom. The van der Waals surface area contributed by atoms with Gasteiger partial charge < -0.3 is 178 Å². The van der Waals surface area contributed by atoms with Gasteiger partial charge in [0.1, 0.15) is 19.8 Å². The molecule has 3 amide bonds. The first-order valence-electron chi connectivity index (χ1n) is 42.3. The third kappa shape index (κ3) is 107. The number of amides is 3. The minimum absolute atomic E-state index is 0. The van der Waals surface area contributed by atoms with Crippen molar-refractivity contribution in [1.29, 1.82) is 0 Å². The highest BCUT2D eigenvalue weighted by Crippen LogP contribution is 2.07. The van der Waals surface area contributed by atoms with Crippen LogP contribution in [0, 0.1) is 37.0 Å². The second-order valence-electron chi connectivity index (χ2n) is 25.1. The molecule has 0 unspecified atom stereocenters. The average Bonchev–Trinajstić information content (AvgIpc) is 0.896. The lowest BCUT2D eigenvalue weighted by Gasteiger charge is -2.29. The highest BCUT2D eigenvalue weighted by molar-refractivity contribution is 5.85. The topological polar surface area (TPSA) is 418 Å². The molecule has 0 bridgehead atoms. The number of hydrogen-bond acceptors (Lipinski definition) is 37. The molecule has 0 atom stereocenters. The van der Waals surface area contributed by atoms with E-state index in [1.165, 1.54) is 0 Å². The third-order valence-electron chi connectivity index (χ3n) is 14.9. The summed E-state index contributed by atoms with van der Waals surface area (Å²) in [6.07, 6.45) is 15.5. The van der Waals surface area contributed by atoms with Gasteiger partial charge in [0, 0.05) is 38.9 Å². The van der Waals surface area contributed by atoms with E-state index in [0.29, 0.717) is 357 Å². The number of carbonyl (C=O) groups is 3. The molecule has 0 saturated carbocycles. The quantitative estimate of drug-likeness (QED) is 0.0422. The number of halogens is 1. The Labute approximate surface area is 737 Å². The van der Waals surface area contributed by atoms with Crippen molar-refractivity contribution in [3.05, 3.63) is 0 Å². The van der Waals surface area contributed by atoms with Crippen molar-refractivity contribution in [2.45, 2.75) is 24.8 Å². The van der Waals surface area contributed by atoms with Gasteiger partial charge >= 0.3 is 0 Å². The molecule has 0 saturated heterocycles. The summed E-state index contributed by atoms with van der Waals surface area (Å²) in [5.41, 5.74) is 5.55. The number of nitrogens with two attached hydrogens (primary N) is 1. The number of terminal acetylenes is 3. The van der Waals surface area contributed by atoms with E-state index in [-0.39, 0.29) is 148 Å². The van der Waals surface area contributed by atoms with Gasteiger partial charge in [-0.2, -0.15) is 0 Å². The molecule has 0 aromatic rings. The summed E-state index contributed by atoms with van der Waals surface area (Å²) in [4.78, 5) is 37.9. The summed E-state index contributed by atoms with van der Waals surface area (Å²) < 4.78 is 182. The van der Waals surface area contributed by atoms with Crippen LogP contribution in [0.2, 0.25) is 0 Å². The fourth-order valence-electron chi connectivity index (χ4n) is 8.83. The van der Waals surface area contributed by atoms with E-state index in [2.05, 4.69) is 33.7 Å². The molecule has 41 heteroatoms. The molecule has 724 valence electrons. The number of nitrogens with one attached hydrogen (secondary N) is 3. The van der Waals surface area contributed by atoms with Crippen LogP contribution in [0.5, 0.6) is 0 Å². The first kappa shape index (κ1) is 121. The predicted octanol–water partition coefficient (Wildman–Crippen LogP) is -0.928. The molecule has 0 aliphatic carbocycles. The number of hydrogen-bond donors (Lipinski definition) is 4. The molecule has 0 aliphatic rings. The molecule has 123 heavy (non-hydrogen) atoms. The second kappa shape index (κ2) is 109. The summed E-state index contributed by atoms with van der Waals surface area (Å²) >= 11 is 0. The van der Waals surface area contributed by atoms with Crippen LogP contribution in [-0.2, 0) is 171 Å². The molecule has 0 heterocycles. The maximum atomic E-state index is 12.6. The lowest BCUT2D eigenvalue weighted by atomic mass is 10.1. The minimum atomic E-state index is -1.18. The van der Waals surface area contributed by atoms with Crippen LogP contribution < -0.4 is 21.7 Å². The molecule has 0 rings (SSSR count). The van der Waals surface area contributed by atoms with Gasteiger partial charge in [-0.3, -0.25) is 14.4 Å². The molecule has 40 nitrogen and oxygen atoms in total. The number of carbonyl (C=O) groups excluding carboxylic acids is 3. The Kier molecular flexibility index (Phi) is 107. The molecule has 0 aromatic carbocycles.